The van der Waals surface area contributed by atoms with Crippen molar-refractivity contribution in [2.45, 2.75) is 19.6 Å². The molecule has 4 aromatic carbocycles. The van der Waals surface area contributed by atoms with Gasteiger partial charge >= 0.3 is 0 Å². The summed E-state index contributed by atoms with van der Waals surface area (Å²) in [5.74, 6) is 1.69. The number of hydrogen-bond donors (Lipinski definition) is 0. The summed E-state index contributed by atoms with van der Waals surface area (Å²) in [7, 11) is 0. The average molecular weight is 387 g/mol. The molecule has 0 spiro atoms. The lowest BCUT2D eigenvalue weighted by Gasteiger charge is -2.09. The van der Waals surface area contributed by atoms with E-state index < -0.39 is 0 Å². The molecule has 0 N–H and O–H groups in total. The molecule has 0 atom stereocenters. The molecule has 1 nitrogen and oxygen atoms in total. The molecule has 0 saturated heterocycles. The van der Waals surface area contributed by atoms with Gasteiger partial charge in [-0.1, -0.05) is 72.1 Å². The molecule has 3 heteroatoms. The molecule has 0 aromatic heterocycles. The lowest BCUT2D eigenvalue weighted by molar-refractivity contribution is 0.480. The van der Waals surface area contributed by atoms with Gasteiger partial charge in [-0.05, 0) is 60.7 Å². The normalized spacial score (nSPS) is 10.5. The number of rotatable bonds is 6. The van der Waals surface area contributed by atoms with Crippen LogP contribution in [0.2, 0.25) is 0 Å². The first-order valence-corrected chi connectivity index (χ1v) is 10.3. The Kier molecular flexibility index (Phi) is 5.83. The molecule has 0 fully saturated rings. The van der Waals surface area contributed by atoms with Gasteiger partial charge in [0.25, 0.3) is 0 Å². The van der Waals surface area contributed by atoms with Crippen LogP contribution < -0.4 is 4.74 Å². The van der Waals surface area contributed by atoms with E-state index in [1.807, 2.05) is 36.4 Å². The van der Waals surface area contributed by atoms with E-state index in [0.717, 1.165) is 21.3 Å². The first-order chi connectivity index (χ1) is 13.3. The van der Waals surface area contributed by atoms with Crippen molar-refractivity contribution in [3.05, 3.63) is 109 Å². The maximum Gasteiger partial charge on any atom is 0.128 e. The fourth-order valence-corrected chi connectivity index (χ4v) is 4.36. The highest BCUT2D eigenvalue weighted by Gasteiger charge is 2.03. The van der Waals surface area contributed by atoms with Crippen LogP contribution in [0.1, 0.15) is 0 Å². The smallest absolute Gasteiger partial charge is 0.128 e. The topological polar surface area (TPSA) is 9.23 Å². The Balaban J connectivity index is 1.47. The zero-order valence-corrected chi connectivity index (χ0v) is 16.3. The number of benzene rings is 4. The van der Waals surface area contributed by atoms with E-state index in [-0.39, 0.29) is 0 Å². The predicted octanol–water partition coefficient (Wildman–Crippen LogP) is 7.78. The van der Waals surface area contributed by atoms with Crippen LogP contribution >= 0.6 is 23.5 Å². The lowest BCUT2D eigenvalue weighted by atomic mass is 10.3. The number of hydrogen-bond acceptors (Lipinski definition) is 3. The molecule has 27 heavy (non-hydrogen) atoms. The van der Waals surface area contributed by atoms with Crippen LogP contribution in [0, 0.1) is 0 Å². The van der Waals surface area contributed by atoms with Gasteiger partial charge in [0.2, 0.25) is 0 Å². The Morgan fingerprint density at radius 2 is 0.815 bits per heavy atom. The second kappa shape index (κ2) is 8.85. The average Bonchev–Trinajstić information content (AvgIpc) is 2.70. The molecule has 4 rings (SSSR count). The third-order valence-corrected chi connectivity index (χ3v) is 5.80. The maximum absolute atomic E-state index is 6.11. The molecule has 0 bridgehead atoms. The molecular formula is C24H18OS2. The third kappa shape index (κ3) is 5.19. The lowest BCUT2D eigenvalue weighted by Crippen LogP contribution is -1.85. The Morgan fingerprint density at radius 1 is 0.407 bits per heavy atom. The molecule has 0 radical (unpaired) electrons. The van der Waals surface area contributed by atoms with Gasteiger partial charge in [-0.15, -0.1) is 0 Å². The molecule has 0 unspecified atom stereocenters. The van der Waals surface area contributed by atoms with Crippen LogP contribution in [0.4, 0.5) is 0 Å². The Morgan fingerprint density at radius 3 is 1.26 bits per heavy atom. The van der Waals surface area contributed by atoms with E-state index in [9.17, 15) is 0 Å². The maximum atomic E-state index is 6.11. The van der Waals surface area contributed by atoms with Crippen molar-refractivity contribution in [1.29, 1.82) is 0 Å². The molecule has 0 amide bonds. The van der Waals surface area contributed by atoms with Crippen LogP contribution in [0.25, 0.3) is 0 Å². The predicted molar refractivity (Wildman–Crippen MR) is 114 cm³/mol. The van der Waals surface area contributed by atoms with Crippen molar-refractivity contribution in [3.8, 4) is 11.5 Å². The van der Waals surface area contributed by atoms with Crippen molar-refractivity contribution in [1.82, 2.24) is 0 Å². The Labute approximate surface area is 168 Å². The second-order valence-corrected chi connectivity index (χ2v) is 8.18. The second-order valence-electron chi connectivity index (χ2n) is 5.88. The summed E-state index contributed by atoms with van der Waals surface area (Å²) in [5.41, 5.74) is 0. The SMILES string of the molecule is c1ccc(Sc2cccc(Oc3cccc(Sc4ccccc4)c3)c2)cc1. The summed E-state index contributed by atoms with van der Waals surface area (Å²) in [6.07, 6.45) is 0. The van der Waals surface area contributed by atoms with Crippen LogP contribution in [-0.4, -0.2) is 0 Å². The number of ether oxygens (including phenoxy) is 1. The van der Waals surface area contributed by atoms with E-state index in [1.54, 1.807) is 23.5 Å². The highest BCUT2D eigenvalue weighted by molar-refractivity contribution is 7.99. The molecule has 0 saturated carbocycles. The molecule has 132 valence electrons. The van der Waals surface area contributed by atoms with Crippen molar-refractivity contribution < 1.29 is 4.74 Å². The summed E-state index contributed by atoms with van der Waals surface area (Å²) < 4.78 is 6.11. The van der Waals surface area contributed by atoms with E-state index in [4.69, 9.17) is 4.74 Å². The summed E-state index contributed by atoms with van der Waals surface area (Å²) in [5, 5.41) is 0. The van der Waals surface area contributed by atoms with Crippen molar-refractivity contribution >= 4 is 23.5 Å². The highest BCUT2D eigenvalue weighted by atomic mass is 32.2. The van der Waals surface area contributed by atoms with Gasteiger partial charge in [0.1, 0.15) is 11.5 Å². The van der Waals surface area contributed by atoms with E-state index in [2.05, 4.69) is 72.8 Å². The Hall–Kier alpha value is -2.62. The standard InChI is InChI=1S/C24H18OS2/c1-3-11-21(12-4-1)26-23-15-7-9-19(17-23)25-20-10-8-16-24(18-20)27-22-13-5-2-6-14-22/h1-18H. The van der Waals surface area contributed by atoms with Gasteiger partial charge in [-0.3, -0.25) is 0 Å². The van der Waals surface area contributed by atoms with E-state index >= 15 is 0 Å². The fraction of sp³-hybridized carbons (Fsp3) is 0. The summed E-state index contributed by atoms with van der Waals surface area (Å²) in [6, 6.07) is 37.1. The fourth-order valence-electron chi connectivity index (χ4n) is 2.59. The molecule has 0 aliphatic heterocycles. The molecule has 0 aliphatic carbocycles. The molecular weight excluding hydrogens is 368 g/mol. The minimum atomic E-state index is 0.845. The zero-order valence-electron chi connectivity index (χ0n) is 14.6. The monoisotopic (exact) mass is 386 g/mol. The van der Waals surface area contributed by atoms with E-state index in [0.29, 0.717) is 0 Å². The first kappa shape index (κ1) is 17.8. The quantitative estimate of drug-likeness (QED) is 0.335. The van der Waals surface area contributed by atoms with Gasteiger partial charge < -0.3 is 4.74 Å². The molecule has 0 aliphatic rings. The summed E-state index contributed by atoms with van der Waals surface area (Å²) in [6.45, 7) is 0. The van der Waals surface area contributed by atoms with E-state index in [1.165, 1.54) is 9.79 Å². The minimum absolute atomic E-state index is 0.845. The van der Waals surface area contributed by atoms with Gasteiger partial charge in [-0.2, -0.15) is 0 Å². The van der Waals surface area contributed by atoms with Crippen LogP contribution in [0.3, 0.4) is 0 Å². The Bertz CT molecular complexity index is 918. The summed E-state index contributed by atoms with van der Waals surface area (Å²) in [4.78, 5) is 4.76. The van der Waals surface area contributed by atoms with Crippen molar-refractivity contribution in [2.24, 2.45) is 0 Å². The zero-order chi connectivity index (χ0) is 18.3. The first-order valence-electron chi connectivity index (χ1n) is 8.69. The largest absolute Gasteiger partial charge is 0.457 e. The molecule has 0 heterocycles. The van der Waals surface area contributed by atoms with Crippen molar-refractivity contribution in [3.63, 3.8) is 0 Å². The van der Waals surface area contributed by atoms with Crippen LogP contribution in [0.5, 0.6) is 11.5 Å². The minimum Gasteiger partial charge on any atom is -0.457 e. The van der Waals surface area contributed by atoms with Crippen LogP contribution in [0.15, 0.2) is 129 Å². The van der Waals surface area contributed by atoms with Gasteiger partial charge in [0, 0.05) is 19.6 Å². The third-order valence-electron chi connectivity index (χ3n) is 3.80. The molecule has 4 aromatic rings. The summed E-state index contributed by atoms with van der Waals surface area (Å²) >= 11 is 3.47. The highest BCUT2D eigenvalue weighted by Crippen LogP contribution is 2.34. The van der Waals surface area contributed by atoms with Crippen LogP contribution in [-0.2, 0) is 0 Å². The van der Waals surface area contributed by atoms with Gasteiger partial charge in [-0.25, -0.2) is 0 Å². The van der Waals surface area contributed by atoms with Gasteiger partial charge in [0.05, 0.1) is 0 Å². The van der Waals surface area contributed by atoms with Crippen molar-refractivity contribution in [2.75, 3.05) is 0 Å². The van der Waals surface area contributed by atoms with Gasteiger partial charge in [0.15, 0.2) is 0 Å².